The summed E-state index contributed by atoms with van der Waals surface area (Å²) in [5.41, 5.74) is 6.17. The van der Waals surface area contributed by atoms with E-state index in [9.17, 15) is 4.79 Å². The van der Waals surface area contributed by atoms with Crippen molar-refractivity contribution < 1.29 is 9.53 Å². The summed E-state index contributed by atoms with van der Waals surface area (Å²) in [6.45, 7) is 0. The number of rotatable bonds is 2. The highest BCUT2D eigenvalue weighted by molar-refractivity contribution is 5.82. The second-order valence-corrected chi connectivity index (χ2v) is 2.44. The molecule has 0 aromatic carbocycles. The Kier molecular flexibility index (Phi) is 1.94. The van der Waals surface area contributed by atoms with Crippen molar-refractivity contribution in [2.45, 2.75) is 12.8 Å². The molecule has 1 rings (SSSR count). The highest BCUT2D eigenvalue weighted by Gasteiger charge is 2.24. The van der Waals surface area contributed by atoms with Crippen LogP contribution in [-0.4, -0.2) is 13.1 Å². The van der Waals surface area contributed by atoms with Crippen molar-refractivity contribution in [1.29, 1.82) is 0 Å². The lowest BCUT2D eigenvalue weighted by Crippen LogP contribution is -2.04. The fourth-order valence-corrected chi connectivity index (χ4v) is 0.730. The van der Waals surface area contributed by atoms with Crippen molar-refractivity contribution in [2.24, 2.45) is 11.7 Å². The number of ether oxygens (including phenoxy) is 1. The first-order chi connectivity index (χ1) is 4.74. The smallest absolute Gasteiger partial charge is 0.332 e. The largest absolute Gasteiger partial charge is 0.466 e. The molecule has 2 N–H and O–H groups in total. The monoisotopic (exact) mass is 141 g/mol. The van der Waals surface area contributed by atoms with Gasteiger partial charge in [-0.05, 0) is 18.8 Å². The lowest BCUT2D eigenvalue weighted by Gasteiger charge is -1.95. The molecular weight excluding hydrogens is 130 g/mol. The Morgan fingerprint density at radius 2 is 2.30 bits per heavy atom. The van der Waals surface area contributed by atoms with E-state index in [1.165, 1.54) is 13.2 Å². The lowest BCUT2D eigenvalue weighted by atomic mass is 10.3. The van der Waals surface area contributed by atoms with E-state index in [2.05, 4.69) is 4.74 Å². The van der Waals surface area contributed by atoms with Crippen LogP contribution in [0.4, 0.5) is 0 Å². The van der Waals surface area contributed by atoms with Crippen molar-refractivity contribution in [3.8, 4) is 0 Å². The predicted octanol–water partition coefficient (Wildman–Crippen LogP) is 0.412. The average Bonchev–Trinajstić information content (AvgIpc) is 2.68. The van der Waals surface area contributed by atoms with Crippen LogP contribution in [0.2, 0.25) is 0 Å². The van der Waals surface area contributed by atoms with Gasteiger partial charge >= 0.3 is 5.97 Å². The van der Waals surface area contributed by atoms with E-state index < -0.39 is 0 Å². The minimum Gasteiger partial charge on any atom is -0.466 e. The van der Waals surface area contributed by atoms with Crippen LogP contribution >= 0.6 is 0 Å². The Morgan fingerprint density at radius 1 is 1.70 bits per heavy atom. The van der Waals surface area contributed by atoms with Crippen molar-refractivity contribution in [3.63, 3.8) is 0 Å². The summed E-state index contributed by atoms with van der Waals surface area (Å²) in [6, 6.07) is 0. The van der Waals surface area contributed by atoms with Gasteiger partial charge in [-0.15, -0.1) is 0 Å². The zero-order valence-electron chi connectivity index (χ0n) is 5.96. The average molecular weight is 141 g/mol. The molecule has 1 saturated carbocycles. The van der Waals surface area contributed by atoms with Gasteiger partial charge in [-0.1, -0.05) is 0 Å². The molecule has 56 valence electrons. The summed E-state index contributed by atoms with van der Waals surface area (Å²) in [5, 5.41) is 0. The van der Waals surface area contributed by atoms with Crippen molar-refractivity contribution in [3.05, 3.63) is 11.8 Å². The van der Waals surface area contributed by atoms with Gasteiger partial charge in [-0.3, -0.25) is 0 Å². The normalized spacial score (nSPS) is 18.7. The molecule has 10 heavy (non-hydrogen) atoms. The molecule has 1 aliphatic carbocycles. The Bertz CT molecular complexity index is 170. The third-order valence-corrected chi connectivity index (χ3v) is 1.53. The summed E-state index contributed by atoms with van der Waals surface area (Å²) >= 11 is 0. The molecule has 0 atom stereocenters. The van der Waals surface area contributed by atoms with Crippen LogP contribution in [-0.2, 0) is 9.53 Å². The standard InChI is InChI=1S/C7H11NO2/c1-10-7(9)4-6(8)5-2-3-5/h4-5H,2-3,8H2,1H3/b6-4-. The van der Waals surface area contributed by atoms with Crippen LogP contribution in [0.1, 0.15) is 12.8 Å². The van der Waals surface area contributed by atoms with E-state index in [1.807, 2.05) is 0 Å². The SMILES string of the molecule is COC(=O)/C=C(\N)C1CC1. The number of allylic oxidation sites excluding steroid dienone is 1. The third kappa shape index (κ3) is 1.76. The zero-order chi connectivity index (χ0) is 7.56. The minimum atomic E-state index is -0.357. The van der Waals surface area contributed by atoms with Crippen LogP contribution in [0.15, 0.2) is 11.8 Å². The number of carbonyl (C=O) groups excluding carboxylic acids is 1. The summed E-state index contributed by atoms with van der Waals surface area (Å²) in [7, 11) is 1.35. The van der Waals surface area contributed by atoms with Crippen molar-refractivity contribution in [2.75, 3.05) is 7.11 Å². The summed E-state index contributed by atoms with van der Waals surface area (Å²) in [4.78, 5) is 10.6. The number of carbonyl (C=O) groups is 1. The molecule has 0 aromatic heterocycles. The molecule has 3 heteroatoms. The van der Waals surface area contributed by atoms with Gasteiger partial charge in [-0.25, -0.2) is 4.79 Å². The van der Waals surface area contributed by atoms with Crippen LogP contribution in [0.5, 0.6) is 0 Å². The van der Waals surface area contributed by atoms with Crippen LogP contribution in [0.3, 0.4) is 0 Å². The van der Waals surface area contributed by atoms with Crippen LogP contribution in [0.25, 0.3) is 0 Å². The fraction of sp³-hybridized carbons (Fsp3) is 0.571. The maximum atomic E-state index is 10.6. The van der Waals surface area contributed by atoms with Crippen molar-refractivity contribution in [1.82, 2.24) is 0 Å². The first-order valence-corrected chi connectivity index (χ1v) is 3.29. The molecule has 0 aromatic rings. The van der Waals surface area contributed by atoms with Gasteiger partial charge in [-0.2, -0.15) is 0 Å². The molecule has 1 fully saturated rings. The molecule has 0 aliphatic heterocycles. The Morgan fingerprint density at radius 3 is 2.70 bits per heavy atom. The third-order valence-electron chi connectivity index (χ3n) is 1.53. The van der Waals surface area contributed by atoms with Gasteiger partial charge in [0, 0.05) is 11.8 Å². The molecule has 0 spiro atoms. The van der Waals surface area contributed by atoms with Gasteiger partial charge in [0.1, 0.15) is 0 Å². The van der Waals surface area contributed by atoms with E-state index in [0.717, 1.165) is 12.8 Å². The second kappa shape index (κ2) is 2.73. The van der Waals surface area contributed by atoms with Gasteiger partial charge in [0.25, 0.3) is 0 Å². The first kappa shape index (κ1) is 7.12. The maximum Gasteiger partial charge on any atom is 0.332 e. The lowest BCUT2D eigenvalue weighted by molar-refractivity contribution is -0.134. The quantitative estimate of drug-likeness (QED) is 0.447. The highest BCUT2D eigenvalue weighted by atomic mass is 16.5. The van der Waals surface area contributed by atoms with Crippen LogP contribution in [0, 0.1) is 5.92 Å². The van der Waals surface area contributed by atoms with E-state index in [1.54, 1.807) is 0 Å². The van der Waals surface area contributed by atoms with Gasteiger partial charge in [0.15, 0.2) is 0 Å². The van der Waals surface area contributed by atoms with E-state index in [0.29, 0.717) is 11.6 Å². The Balaban J connectivity index is 2.43. The van der Waals surface area contributed by atoms with Gasteiger partial charge < -0.3 is 10.5 Å². The number of methoxy groups -OCH3 is 1. The molecule has 0 unspecified atom stereocenters. The number of esters is 1. The van der Waals surface area contributed by atoms with Crippen molar-refractivity contribution >= 4 is 5.97 Å². The first-order valence-electron chi connectivity index (χ1n) is 3.29. The predicted molar refractivity (Wildman–Crippen MR) is 37.0 cm³/mol. The molecule has 0 saturated heterocycles. The Labute approximate surface area is 59.8 Å². The molecular formula is C7H11NO2. The van der Waals surface area contributed by atoms with Gasteiger partial charge in [0.2, 0.25) is 0 Å². The second-order valence-electron chi connectivity index (χ2n) is 2.44. The van der Waals surface area contributed by atoms with E-state index in [-0.39, 0.29) is 5.97 Å². The zero-order valence-corrected chi connectivity index (χ0v) is 5.96. The summed E-state index contributed by atoms with van der Waals surface area (Å²) < 4.78 is 4.40. The summed E-state index contributed by atoms with van der Waals surface area (Å²) in [6.07, 6.45) is 3.58. The van der Waals surface area contributed by atoms with Crippen LogP contribution < -0.4 is 5.73 Å². The number of hydrogen-bond donors (Lipinski definition) is 1. The molecule has 0 amide bonds. The fourth-order valence-electron chi connectivity index (χ4n) is 0.730. The highest BCUT2D eigenvalue weighted by Crippen LogP contribution is 2.33. The topological polar surface area (TPSA) is 52.3 Å². The number of hydrogen-bond acceptors (Lipinski definition) is 3. The maximum absolute atomic E-state index is 10.6. The van der Waals surface area contributed by atoms with E-state index in [4.69, 9.17) is 5.73 Å². The van der Waals surface area contributed by atoms with E-state index >= 15 is 0 Å². The molecule has 0 radical (unpaired) electrons. The molecule has 1 aliphatic rings. The molecule has 3 nitrogen and oxygen atoms in total. The van der Waals surface area contributed by atoms with Gasteiger partial charge in [0.05, 0.1) is 7.11 Å². The molecule has 0 heterocycles. The minimum absolute atomic E-state index is 0.357. The molecule has 0 bridgehead atoms. The summed E-state index contributed by atoms with van der Waals surface area (Å²) in [5.74, 6) is 0.0866. The number of nitrogens with two attached hydrogens (primary N) is 1. The Hall–Kier alpha value is -0.990.